The minimum atomic E-state index is -0.412. The molecule has 2 amide bonds. The number of aryl methyl sites for hydroxylation is 1. The van der Waals surface area contributed by atoms with Crippen molar-refractivity contribution in [2.75, 3.05) is 12.0 Å². The van der Waals surface area contributed by atoms with E-state index in [1.807, 2.05) is 24.3 Å². The zero-order valence-corrected chi connectivity index (χ0v) is 11.2. The lowest BCUT2D eigenvalue weighted by molar-refractivity contribution is 0.234. The first-order chi connectivity index (χ1) is 9.79. The molecule has 0 aliphatic carbocycles. The van der Waals surface area contributed by atoms with Crippen LogP contribution < -0.4 is 15.4 Å². The molecule has 0 saturated heterocycles. The van der Waals surface area contributed by atoms with E-state index >= 15 is 0 Å². The first-order valence-electron chi connectivity index (χ1n) is 6.32. The molecule has 0 aliphatic heterocycles. The van der Waals surface area contributed by atoms with E-state index in [4.69, 9.17) is 4.74 Å². The number of urea groups is 1. The van der Waals surface area contributed by atoms with Crippen molar-refractivity contribution in [1.29, 1.82) is 0 Å². The molecule has 0 atom stereocenters. The second-order valence-electron chi connectivity index (χ2n) is 3.95. The monoisotopic (exact) mass is 272 g/mol. The third kappa shape index (κ3) is 3.94. The van der Waals surface area contributed by atoms with Crippen LogP contribution in [0.5, 0.6) is 5.75 Å². The minimum Gasteiger partial charge on any atom is -0.473 e. The van der Waals surface area contributed by atoms with Gasteiger partial charge in [-0.3, -0.25) is 5.32 Å². The molecule has 6 heteroatoms. The number of aromatic nitrogens is 2. The lowest BCUT2D eigenvalue weighted by Gasteiger charge is -2.11. The van der Waals surface area contributed by atoms with Gasteiger partial charge >= 0.3 is 6.03 Å². The second-order valence-corrected chi connectivity index (χ2v) is 3.95. The molecule has 0 bridgehead atoms. The molecular formula is C14H16N4O2. The standard InChI is InChI=1S/C14H16N4O2/c1-2-11-6-3-4-7-12(11)20-10-17-14(19)18-13-15-8-5-9-16-13/h3-9H,2,10H2,1H3,(H2,15,16,17,18,19). The Morgan fingerprint density at radius 3 is 2.70 bits per heavy atom. The largest absolute Gasteiger partial charge is 0.473 e. The molecule has 0 unspecified atom stereocenters. The number of carbonyl (C=O) groups excluding carboxylic acids is 1. The average molecular weight is 272 g/mol. The maximum atomic E-state index is 11.6. The average Bonchev–Trinajstić information content (AvgIpc) is 2.49. The highest BCUT2D eigenvalue weighted by molar-refractivity contribution is 5.87. The number of amides is 2. The molecule has 0 aliphatic rings. The van der Waals surface area contributed by atoms with Crippen molar-refractivity contribution in [1.82, 2.24) is 15.3 Å². The number of rotatable bonds is 5. The van der Waals surface area contributed by atoms with Crippen molar-refractivity contribution < 1.29 is 9.53 Å². The van der Waals surface area contributed by atoms with Crippen LogP contribution in [0.2, 0.25) is 0 Å². The number of hydrogen-bond acceptors (Lipinski definition) is 4. The quantitative estimate of drug-likeness (QED) is 0.818. The third-order valence-corrected chi connectivity index (χ3v) is 2.61. The van der Waals surface area contributed by atoms with Gasteiger partial charge in [0.1, 0.15) is 5.75 Å². The van der Waals surface area contributed by atoms with Gasteiger partial charge in [0.05, 0.1) is 0 Å². The highest BCUT2D eigenvalue weighted by atomic mass is 16.5. The van der Waals surface area contributed by atoms with Crippen LogP contribution in [0.15, 0.2) is 42.7 Å². The smallest absolute Gasteiger partial charge is 0.324 e. The van der Waals surface area contributed by atoms with E-state index < -0.39 is 6.03 Å². The normalized spacial score (nSPS) is 9.85. The number of hydrogen-bond donors (Lipinski definition) is 2. The highest BCUT2D eigenvalue weighted by Crippen LogP contribution is 2.17. The number of nitrogens with zero attached hydrogens (tertiary/aromatic N) is 2. The Hall–Kier alpha value is -2.63. The van der Waals surface area contributed by atoms with Gasteiger partial charge in [0.25, 0.3) is 0 Å². The first-order valence-corrected chi connectivity index (χ1v) is 6.32. The number of carbonyl (C=O) groups is 1. The number of nitrogens with one attached hydrogen (secondary N) is 2. The molecule has 2 rings (SSSR count). The van der Waals surface area contributed by atoms with E-state index in [0.29, 0.717) is 0 Å². The molecule has 2 N–H and O–H groups in total. The van der Waals surface area contributed by atoms with Gasteiger partial charge in [0, 0.05) is 12.4 Å². The van der Waals surface area contributed by atoms with Gasteiger partial charge in [-0.2, -0.15) is 0 Å². The Morgan fingerprint density at radius 2 is 1.95 bits per heavy atom. The zero-order chi connectivity index (χ0) is 14.2. The van der Waals surface area contributed by atoms with Crippen molar-refractivity contribution in [3.05, 3.63) is 48.3 Å². The van der Waals surface area contributed by atoms with E-state index in [0.717, 1.165) is 17.7 Å². The topological polar surface area (TPSA) is 76.1 Å². The number of ether oxygens (including phenoxy) is 1. The maximum absolute atomic E-state index is 11.6. The predicted molar refractivity (Wildman–Crippen MR) is 75.5 cm³/mol. The molecule has 104 valence electrons. The fourth-order valence-electron chi connectivity index (χ4n) is 1.63. The zero-order valence-electron chi connectivity index (χ0n) is 11.2. The van der Waals surface area contributed by atoms with Gasteiger partial charge in [-0.15, -0.1) is 0 Å². The minimum absolute atomic E-state index is 0.0790. The Morgan fingerprint density at radius 1 is 1.20 bits per heavy atom. The summed E-state index contributed by atoms with van der Waals surface area (Å²) in [7, 11) is 0. The van der Waals surface area contributed by atoms with Gasteiger partial charge in [0.2, 0.25) is 5.95 Å². The number of para-hydroxylation sites is 1. The highest BCUT2D eigenvalue weighted by Gasteiger charge is 2.04. The molecule has 6 nitrogen and oxygen atoms in total. The van der Waals surface area contributed by atoms with Crippen molar-refractivity contribution in [2.45, 2.75) is 13.3 Å². The van der Waals surface area contributed by atoms with Gasteiger partial charge < -0.3 is 10.1 Å². The first kappa shape index (κ1) is 13.8. The summed E-state index contributed by atoms with van der Waals surface area (Å²) in [5.74, 6) is 1.02. The molecular weight excluding hydrogens is 256 g/mol. The SMILES string of the molecule is CCc1ccccc1OCNC(=O)Nc1ncccn1. The van der Waals surface area contributed by atoms with E-state index in [2.05, 4.69) is 27.5 Å². The van der Waals surface area contributed by atoms with Crippen molar-refractivity contribution in [2.24, 2.45) is 0 Å². The Bertz CT molecular complexity index is 560. The van der Waals surface area contributed by atoms with Gasteiger partial charge in [-0.05, 0) is 24.1 Å². The van der Waals surface area contributed by atoms with Crippen LogP contribution in [-0.2, 0) is 6.42 Å². The summed E-state index contributed by atoms with van der Waals surface area (Å²) in [4.78, 5) is 19.4. The molecule has 20 heavy (non-hydrogen) atoms. The van der Waals surface area contributed by atoms with E-state index in [9.17, 15) is 4.79 Å². The molecule has 0 spiro atoms. The summed E-state index contributed by atoms with van der Waals surface area (Å²) >= 11 is 0. The van der Waals surface area contributed by atoms with Crippen LogP contribution in [0, 0.1) is 0 Å². The van der Waals surface area contributed by atoms with Gasteiger partial charge in [-0.25, -0.2) is 14.8 Å². The van der Waals surface area contributed by atoms with E-state index in [1.165, 1.54) is 0 Å². The molecule has 1 heterocycles. The fourth-order valence-corrected chi connectivity index (χ4v) is 1.63. The number of anilines is 1. The molecule has 0 fully saturated rings. The summed E-state index contributed by atoms with van der Waals surface area (Å²) < 4.78 is 5.52. The van der Waals surface area contributed by atoms with Crippen molar-refractivity contribution in [3.8, 4) is 5.75 Å². The van der Waals surface area contributed by atoms with Gasteiger partial charge in [-0.1, -0.05) is 25.1 Å². The van der Waals surface area contributed by atoms with Crippen molar-refractivity contribution >= 4 is 12.0 Å². The molecule has 2 aromatic rings. The lowest BCUT2D eigenvalue weighted by atomic mass is 10.1. The second kappa shape index (κ2) is 7.08. The number of benzene rings is 1. The van der Waals surface area contributed by atoms with Crippen LogP contribution in [0.3, 0.4) is 0 Å². The third-order valence-electron chi connectivity index (χ3n) is 2.61. The van der Waals surface area contributed by atoms with Crippen LogP contribution in [0.1, 0.15) is 12.5 Å². The van der Waals surface area contributed by atoms with Crippen LogP contribution in [-0.4, -0.2) is 22.7 Å². The van der Waals surface area contributed by atoms with Gasteiger partial charge in [0.15, 0.2) is 6.73 Å². The Balaban J connectivity index is 1.79. The Labute approximate surface area is 117 Å². The molecule has 1 aromatic carbocycles. The summed E-state index contributed by atoms with van der Waals surface area (Å²) in [6.45, 7) is 2.13. The van der Waals surface area contributed by atoms with E-state index in [-0.39, 0.29) is 12.7 Å². The molecule has 0 radical (unpaired) electrons. The Kier molecular flexibility index (Phi) is 4.88. The van der Waals surface area contributed by atoms with Crippen LogP contribution in [0.25, 0.3) is 0 Å². The summed E-state index contributed by atoms with van der Waals surface area (Å²) in [6.07, 6.45) is 3.98. The van der Waals surface area contributed by atoms with Crippen LogP contribution in [0.4, 0.5) is 10.7 Å². The fraction of sp³-hybridized carbons (Fsp3) is 0.214. The summed E-state index contributed by atoms with van der Waals surface area (Å²) in [6, 6.07) is 8.98. The summed E-state index contributed by atoms with van der Waals surface area (Å²) in [5, 5.41) is 5.08. The maximum Gasteiger partial charge on any atom is 0.324 e. The lowest BCUT2D eigenvalue weighted by Crippen LogP contribution is -2.32. The molecule has 1 aromatic heterocycles. The van der Waals surface area contributed by atoms with E-state index in [1.54, 1.807) is 18.5 Å². The van der Waals surface area contributed by atoms with Crippen molar-refractivity contribution in [3.63, 3.8) is 0 Å². The predicted octanol–water partition coefficient (Wildman–Crippen LogP) is 2.20. The summed E-state index contributed by atoms with van der Waals surface area (Å²) in [5.41, 5.74) is 1.10. The molecule has 0 saturated carbocycles. The van der Waals surface area contributed by atoms with Crippen LogP contribution >= 0.6 is 0 Å².